The Bertz CT molecular complexity index is 761. The summed E-state index contributed by atoms with van der Waals surface area (Å²) in [5, 5.41) is 7.76. The van der Waals surface area contributed by atoms with E-state index in [0.717, 1.165) is 37.0 Å². The van der Waals surface area contributed by atoms with Gasteiger partial charge in [0, 0.05) is 38.2 Å². The third kappa shape index (κ3) is 4.15. The normalized spacial score (nSPS) is 19.6. The molecule has 6 nitrogen and oxygen atoms in total. The number of guanidine groups is 1. The second kappa shape index (κ2) is 8.11. The Morgan fingerprint density at radius 2 is 2.11 bits per heavy atom. The van der Waals surface area contributed by atoms with E-state index < -0.39 is 0 Å². The van der Waals surface area contributed by atoms with Gasteiger partial charge in [0.15, 0.2) is 11.8 Å². The van der Waals surface area contributed by atoms with E-state index in [1.807, 2.05) is 24.5 Å². The zero-order valence-electron chi connectivity index (χ0n) is 16.3. The molecule has 0 unspecified atom stereocenters. The van der Waals surface area contributed by atoms with E-state index in [2.05, 4.69) is 33.3 Å². The minimum atomic E-state index is 0.540. The smallest absolute Gasteiger partial charge is 0.194 e. The van der Waals surface area contributed by atoms with E-state index in [4.69, 9.17) is 4.99 Å². The van der Waals surface area contributed by atoms with Crippen molar-refractivity contribution < 1.29 is 0 Å². The zero-order chi connectivity index (χ0) is 18.5. The maximum absolute atomic E-state index is 4.94. The van der Waals surface area contributed by atoms with Gasteiger partial charge in [-0.25, -0.2) is 14.7 Å². The Balaban J connectivity index is 1.46. The Kier molecular flexibility index (Phi) is 5.41. The summed E-state index contributed by atoms with van der Waals surface area (Å²) < 4.78 is 1.78. The van der Waals surface area contributed by atoms with Gasteiger partial charge >= 0.3 is 0 Å². The fourth-order valence-corrected chi connectivity index (χ4v) is 4.51. The molecule has 4 rings (SSSR count). The molecule has 2 aromatic heterocycles. The Morgan fingerprint density at radius 3 is 2.89 bits per heavy atom. The number of nitrogens with zero attached hydrogens (tertiary/aromatic N) is 5. The molecule has 6 heteroatoms. The van der Waals surface area contributed by atoms with Crippen LogP contribution in [0.15, 0.2) is 41.8 Å². The van der Waals surface area contributed by atoms with Crippen LogP contribution in [0.4, 0.5) is 0 Å². The van der Waals surface area contributed by atoms with Gasteiger partial charge in [0.1, 0.15) is 0 Å². The monoisotopic (exact) mass is 366 g/mol. The molecule has 0 radical (unpaired) electrons. The Labute approximate surface area is 161 Å². The van der Waals surface area contributed by atoms with Crippen molar-refractivity contribution in [2.45, 2.75) is 52.0 Å². The van der Waals surface area contributed by atoms with Gasteiger partial charge in [-0.05, 0) is 55.4 Å². The molecule has 1 aliphatic heterocycles. The number of pyridine rings is 1. The summed E-state index contributed by atoms with van der Waals surface area (Å²) in [6.07, 6.45) is 13.8. The third-order valence-corrected chi connectivity index (χ3v) is 5.95. The summed E-state index contributed by atoms with van der Waals surface area (Å²) in [7, 11) is 0. The van der Waals surface area contributed by atoms with Crippen molar-refractivity contribution in [1.82, 2.24) is 25.0 Å². The molecule has 1 spiro atoms. The number of nitrogens with one attached hydrogen (secondary N) is 1. The molecule has 0 bridgehead atoms. The van der Waals surface area contributed by atoms with E-state index >= 15 is 0 Å². The average molecular weight is 367 g/mol. The molecule has 2 aromatic rings. The fourth-order valence-electron chi connectivity index (χ4n) is 4.51. The minimum Gasteiger partial charge on any atom is -0.357 e. The van der Waals surface area contributed by atoms with Crippen LogP contribution >= 0.6 is 0 Å². The largest absolute Gasteiger partial charge is 0.357 e. The van der Waals surface area contributed by atoms with Gasteiger partial charge in [-0.2, -0.15) is 5.10 Å². The van der Waals surface area contributed by atoms with E-state index in [0.29, 0.717) is 12.0 Å². The predicted molar refractivity (Wildman–Crippen MR) is 108 cm³/mol. The number of aliphatic imine (C=N–C) groups is 1. The lowest BCUT2D eigenvalue weighted by Gasteiger charge is -2.33. The quantitative estimate of drug-likeness (QED) is 0.666. The summed E-state index contributed by atoms with van der Waals surface area (Å²) in [4.78, 5) is 11.8. The lowest BCUT2D eigenvalue weighted by Crippen LogP contribution is -2.41. The highest BCUT2D eigenvalue weighted by molar-refractivity contribution is 5.80. The summed E-state index contributed by atoms with van der Waals surface area (Å²) in [5.41, 5.74) is 1.69. The van der Waals surface area contributed by atoms with Crippen LogP contribution in [0.2, 0.25) is 0 Å². The number of hydrogen-bond acceptors (Lipinski definition) is 3. The van der Waals surface area contributed by atoms with E-state index in [-0.39, 0.29) is 0 Å². The van der Waals surface area contributed by atoms with E-state index in [1.165, 1.54) is 38.5 Å². The molecule has 144 valence electrons. The first-order valence-electron chi connectivity index (χ1n) is 10.3. The molecule has 0 aromatic carbocycles. The van der Waals surface area contributed by atoms with Crippen molar-refractivity contribution in [2.24, 2.45) is 10.4 Å². The molecule has 1 saturated carbocycles. The number of aromatic nitrogens is 3. The minimum absolute atomic E-state index is 0.540. The van der Waals surface area contributed by atoms with Crippen molar-refractivity contribution >= 4 is 5.96 Å². The Morgan fingerprint density at radius 1 is 1.22 bits per heavy atom. The highest BCUT2D eigenvalue weighted by Crippen LogP contribution is 2.43. The second-order valence-corrected chi connectivity index (χ2v) is 7.88. The summed E-state index contributed by atoms with van der Waals surface area (Å²) in [6.45, 7) is 5.98. The van der Waals surface area contributed by atoms with Crippen LogP contribution in [0.5, 0.6) is 0 Å². The molecule has 1 N–H and O–H groups in total. The number of hydrogen-bond donors (Lipinski definition) is 1. The molecule has 2 fully saturated rings. The summed E-state index contributed by atoms with van der Waals surface area (Å²) in [6, 6.07) is 6.00. The van der Waals surface area contributed by atoms with Gasteiger partial charge in [-0.1, -0.05) is 19.3 Å². The van der Waals surface area contributed by atoms with Crippen LogP contribution in [-0.4, -0.2) is 45.3 Å². The van der Waals surface area contributed by atoms with Gasteiger partial charge in [0.2, 0.25) is 0 Å². The van der Waals surface area contributed by atoms with Crippen LogP contribution in [0.25, 0.3) is 5.82 Å². The molecular weight excluding hydrogens is 336 g/mol. The summed E-state index contributed by atoms with van der Waals surface area (Å²) in [5.74, 6) is 1.89. The predicted octanol–water partition coefficient (Wildman–Crippen LogP) is 3.39. The van der Waals surface area contributed by atoms with Gasteiger partial charge < -0.3 is 10.2 Å². The lowest BCUT2D eigenvalue weighted by molar-refractivity contribution is 0.203. The maximum Gasteiger partial charge on any atom is 0.194 e. The van der Waals surface area contributed by atoms with Gasteiger partial charge in [-0.15, -0.1) is 0 Å². The molecule has 0 atom stereocenters. The summed E-state index contributed by atoms with van der Waals surface area (Å²) >= 11 is 0. The zero-order valence-corrected chi connectivity index (χ0v) is 16.3. The van der Waals surface area contributed by atoms with Crippen LogP contribution in [-0.2, 0) is 6.54 Å². The second-order valence-electron chi connectivity index (χ2n) is 7.88. The Hall–Kier alpha value is -2.37. The topological polar surface area (TPSA) is 58.3 Å². The van der Waals surface area contributed by atoms with Crippen molar-refractivity contribution in [3.8, 4) is 5.82 Å². The van der Waals surface area contributed by atoms with E-state index in [9.17, 15) is 0 Å². The first-order valence-corrected chi connectivity index (χ1v) is 10.3. The van der Waals surface area contributed by atoms with Crippen molar-refractivity contribution in [3.63, 3.8) is 0 Å². The molecule has 0 amide bonds. The third-order valence-electron chi connectivity index (χ3n) is 5.95. The van der Waals surface area contributed by atoms with Crippen molar-refractivity contribution in [3.05, 3.63) is 42.4 Å². The first kappa shape index (κ1) is 18.0. The molecular formula is C21H30N6. The highest BCUT2D eigenvalue weighted by Gasteiger charge is 2.39. The molecule has 2 aliphatic rings. The average Bonchev–Trinajstić information content (AvgIpc) is 3.37. The van der Waals surface area contributed by atoms with Crippen LogP contribution < -0.4 is 5.32 Å². The molecule has 1 aliphatic carbocycles. The van der Waals surface area contributed by atoms with Gasteiger partial charge in [0.25, 0.3) is 0 Å². The fraction of sp³-hybridized carbons (Fsp3) is 0.571. The van der Waals surface area contributed by atoms with Gasteiger partial charge in [0.05, 0.1) is 6.54 Å². The van der Waals surface area contributed by atoms with Crippen LogP contribution in [0.1, 0.15) is 51.0 Å². The number of rotatable bonds is 4. The molecule has 3 heterocycles. The SMILES string of the molecule is CCNC(=NCc1ccnc(-n2cccn2)c1)N1CCC2(CCCCC2)C1. The first-order chi connectivity index (χ1) is 13.3. The molecule has 27 heavy (non-hydrogen) atoms. The van der Waals surface area contributed by atoms with Gasteiger partial charge in [-0.3, -0.25) is 0 Å². The highest BCUT2D eigenvalue weighted by atomic mass is 15.3. The van der Waals surface area contributed by atoms with E-state index in [1.54, 1.807) is 10.9 Å². The molecule has 1 saturated heterocycles. The van der Waals surface area contributed by atoms with Crippen molar-refractivity contribution in [1.29, 1.82) is 0 Å². The number of likely N-dealkylation sites (tertiary alicyclic amines) is 1. The van der Waals surface area contributed by atoms with Crippen LogP contribution in [0.3, 0.4) is 0 Å². The lowest BCUT2D eigenvalue weighted by atomic mass is 9.73. The van der Waals surface area contributed by atoms with Crippen molar-refractivity contribution in [2.75, 3.05) is 19.6 Å². The standard InChI is InChI=1S/C21H30N6/c1-2-22-20(26-14-10-21(17-26)8-4-3-5-9-21)24-16-18-7-12-23-19(15-18)27-13-6-11-25-27/h6-7,11-13,15H,2-5,8-10,14,16-17H2,1H3,(H,22,24). The van der Waals surface area contributed by atoms with Crippen LogP contribution in [0, 0.1) is 5.41 Å². The maximum atomic E-state index is 4.94.